The van der Waals surface area contributed by atoms with Gasteiger partial charge in [-0.25, -0.2) is 0 Å². The molecule has 102 valence electrons. The summed E-state index contributed by atoms with van der Waals surface area (Å²) >= 11 is 13.7. The molecular formula is C13H19Cl2NOS. The van der Waals surface area contributed by atoms with E-state index < -0.39 is 0 Å². The van der Waals surface area contributed by atoms with Crippen LogP contribution in [-0.2, 0) is 0 Å². The molecule has 0 fully saturated rings. The molecule has 0 saturated heterocycles. The maximum Gasteiger partial charge on any atom is 0.0558 e. The van der Waals surface area contributed by atoms with Gasteiger partial charge in [0.1, 0.15) is 0 Å². The summed E-state index contributed by atoms with van der Waals surface area (Å²) < 4.78 is 0. The fraction of sp³-hybridized carbons (Fsp3) is 0.538. The van der Waals surface area contributed by atoms with Crippen molar-refractivity contribution in [1.29, 1.82) is 0 Å². The Bertz CT molecular complexity index is 374. The maximum absolute atomic E-state index is 9.00. The molecule has 0 aliphatic heterocycles. The molecule has 0 atom stereocenters. The normalized spacial score (nSPS) is 11.5. The third-order valence-corrected chi connectivity index (χ3v) is 4.36. The lowest BCUT2D eigenvalue weighted by Crippen LogP contribution is -2.35. The third kappa shape index (κ3) is 5.37. The summed E-state index contributed by atoms with van der Waals surface area (Å²) in [4.78, 5) is 3.25. The van der Waals surface area contributed by atoms with Crippen molar-refractivity contribution in [2.45, 2.75) is 24.8 Å². The van der Waals surface area contributed by atoms with Gasteiger partial charge in [-0.2, -0.15) is 0 Å². The molecule has 1 rings (SSSR count). The standard InChI is InChI=1S/C13H19Cl2NOS/c1-10(2)16(5-7-17)6-8-18-13-9-11(14)3-4-12(13)15/h3-4,9-10,17H,5-8H2,1-2H3. The molecule has 0 spiro atoms. The lowest BCUT2D eigenvalue weighted by molar-refractivity contribution is 0.174. The van der Waals surface area contributed by atoms with Crippen LogP contribution in [0.2, 0.25) is 10.0 Å². The Hall–Kier alpha value is 0.0700. The number of nitrogens with zero attached hydrogens (tertiary/aromatic N) is 1. The van der Waals surface area contributed by atoms with Gasteiger partial charge >= 0.3 is 0 Å². The summed E-state index contributed by atoms with van der Waals surface area (Å²) in [6.07, 6.45) is 0. The zero-order valence-corrected chi connectivity index (χ0v) is 13.0. The Morgan fingerprint density at radius 3 is 2.61 bits per heavy atom. The van der Waals surface area contributed by atoms with Crippen LogP contribution in [0, 0.1) is 0 Å². The molecule has 0 aromatic heterocycles. The lowest BCUT2D eigenvalue weighted by Gasteiger charge is -2.25. The molecule has 1 N–H and O–H groups in total. The van der Waals surface area contributed by atoms with Crippen LogP contribution < -0.4 is 0 Å². The first-order valence-corrected chi connectivity index (χ1v) is 7.71. The van der Waals surface area contributed by atoms with Gasteiger partial charge < -0.3 is 5.11 Å². The van der Waals surface area contributed by atoms with Crippen molar-refractivity contribution in [2.75, 3.05) is 25.4 Å². The van der Waals surface area contributed by atoms with Crippen LogP contribution in [0.5, 0.6) is 0 Å². The molecule has 5 heteroatoms. The van der Waals surface area contributed by atoms with Crippen molar-refractivity contribution < 1.29 is 5.11 Å². The predicted molar refractivity (Wildman–Crippen MR) is 81.0 cm³/mol. The molecule has 1 aromatic rings. The van der Waals surface area contributed by atoms with E-state index >= 15 is 0 Å². The molecule has 0 radical (unpaired) electrons. The summed E-state index contributed by atoms with van der Waals surface area (Å²) in [5.74, 6) is 0.929. The second-order valence-corrected chi connectivity index (χ2v) is 6.26. The molecular weight excluding hydrogens is 289 g/mol. The van der Waals surface area contributed by atoms with Gasteiger partial charge in [-0.1, -0.05) is 23.2 Å². The van der Waals surface area contributed by atoms with Gasteiger partial charge in [0.05, 0.1) is 11.6 Å². The van der Waals surface area contributed by atoms with Crippen LogP contribution in [0.25, 0.3) is 0 Å². The first-order valence-electron chi connectivity index (χ1n) is 5.97. The van der Waals surface area contributed by atoms with Crippen LogP contribution in [0.3, 0.4) is 0 Å². The van der Waals surface area contributed by atoms with E-state index in [0.29, 0.717) is 17.6 Å². The smallest absolute Gasteiger partial charge is 0.0558 e. The molecule has 0 aliphatic carbocycles. The van der Waals surface area contributed by atoms with E-state index in [2.05, 4.69) is 18.7 Å². The molecule has 0 saturated carbocycles. The summed E-state index contributed by atoms with van der Waals surface area (Å²) in [6.45, 7) is 6.09. The molecule has 0 aliphatic rings. The van der Waals surface area contributed by atoms with Gasteiger partial charge in [0, 0.05) is 34.8 Å². The summed E-state index contributed by atoms with van der Waals surface area (Å²) in [6, 6.07) is 5.94. The molecule has 2 nitrogen and oxygen atoms in total. The maximum atomic E-state index is 9.00. The third-order valence-electron chi connectivity index (χ3n) is 2.65. The van der Waals surface area contributed by atoms with Gasteiger partial charge in [-0.15, -0.1) is 11.8 Å². The van der Waals surface area contributed by atoms with Crippen molar-refractivity contribution in [2.24, 2.45) is 0 Å². The van der Waals surface area contributed by atoms with Crippen molar-refractivity contribution >= 4 is 35.0 Å². The van der Waals surface area contributed by atoms with Crippen LogP contribution in [0.4, 0.5) is 0 Å². The second-order valence-electron chi connectivity index (χ2n) is 4.28. The lowest BCUT2D eigenvalue weighted by atomic mass is 10.3. The van der Waals surface area contributed by atoms with Gasteiger partial charge in [0.25, 0.3) is 0 Å². The number of hydrogen-bond acceptors (Lipinski definition) is 3. The minimum atomic E-state index is 0.195. The van der Waals surface area contributed by atoms with E-state index in [4.69, 9.17) is 28.3 Å². The highest BCUT2D eigenvalue weighted by atomic mass is 35.5. The van der Waals surface area contributed by atoms with E-state index in [-0.39, 0.29) is 6.61 Å². The second kappa shape index (κ2) is 8.28. The van der Waals surface area contributed by atoms with Gasteiger partial charge in [0.15, 0.2) is 0 Å². The number of rotatable bonds is 7. The largest absolute Gasteiger partial charge is 0.395 e. The van der Waals surface area contributed by atoms with Crippen LogP contribution in [-0.4, -0.2) is 41.5 Å². The summed E-state index contributed by atoms with van der Waals surface area (Å²) in [5.41, 5.74) is 0. The van der Waals surface area contributed by atoms with Gasteiger partial charge in [-0.3, -0.25) is 4.90 Å². The highest BCUT2D eigenvalue weighted by Gasteiger charge is 2.09. The molecule has 0 bridgehead atoms. The minimum Gasteiger partial charge on any atom is -0.395 e. The SMILES string of the molecule is CC(C)N(CCO)CCSc1cc(Cl)ccc1Cl. The highest BCUT2D eigenvalue weighted by molar-refractivity contribution is 7.99. The van der Waals surface area contributed by atoms with Crippen molar-refractivity contribution in [3.05, 3.63) is 28.2 Å². The number of aliphatic hydroxyl groups is 1. The fourth-order valence-corrected chi connectivity index (χ4v) is 3.10. The number of thioether (sulfide) groups is 1. The zero-order valence-electron chi connectivity index (χ0n) is 10.7. The van der Waals surface area contributed by atoms with Crippen molar-refractivity contribution in [3.63, 3.8) is 0 Å². The minimum absolute atomic E-state index is 0.195. The first kappa shape index (κ1) is 16.1. The van der Waals surface area contributed by atoms with Crippen LogP contribution in [0.15, 0.2) is 23.1 Å². The monoisotopic (exact) mass is 307 g/mol. The average Bonchev–Trinajstić information content (AvgIpc) is 2.32. The van der Waals surface area contributed by atoms with E-state index in [1.165, 1.54) is 0 Å². The zero-order chi connectivity index (χ0) is 13.5. The molecule has 1 aromatic carbocycles. The van der Waals surface area contributed by atoms with Crippen LogP contribution >= 0.6 is 35.0 Å². The Labute approximate surface area is 123 Å². The van der Waals surface area contributed by atoms with E-state index in [0.717, 1.165) is 22.2 Å². The van der Waals surface area contributed by atoms with E-state index in [9.17, 15) is 0 Å². The fourth-order valence-electron chi connectivity index (χ4n) is 1.62. The van der Waals surface area contributed by atoms with E-state index in [1.807, 2.05) is 12.1 Å². The van der Waals surface area contributed by atoms with Gasteiger partial charge in [-0.05, 0) is 32.0 Å². The molecule has 0 unspecified atom stereocenters. The molecule has 0 amide bonds. The number of benzene rings is 1. The Kier molecular flexibility index (Phi) is 7.42. The Balaban J connectivity index is 2.47. The summed E-state index contributed by atoms with van der Waals surface area (Å²) in [7, 11) is 0. The predicted octanol–water partition coefficient (Wildman–Crippen LogP) is 3.79. The van der Waals surface area contributed by atoms with Crippen LogP contribution in [0.1, 0.15) is 13.8 Å². The average molecular weight is 308 g/mol. The quantitative estimate of drug-likeness (QED) is 0.775. The first-order chi connectivity index (χ1) is 8.54. The topological polar surface area (TPSA) is 23.5 Å². The van der Waals surface area contributed by atoms with E-state index in [1.54, 1.807) is 17.8 Å². The Morgan fingerprint density at radius 2 is 2.00 bits per heavy atom. The number of aliphatic hydroxyl groups excluding tert-OH is 1. The summed E-state index contributed by atoms with van der Waals surface area (Å²) in [5, 5.41) is 10.4. The Morgan fingerprint density at radius 1 is 1.28 bits per heavy atom. The highest BCUT2D eigenvalue weighted by Crippen LogP contribution is 2.29. The van der Waals surface area contributed by atoms with Crippen molar-refractivity contribution in [1.82, 2.24) is 4.90 Å². The molecule has 18 heavy (non-hydrogen) atoms. The van der Waals surface area contributed by atoms with Crippen molar-refractivity contribution in [3.8, 4) is 0 Å². The number of hydrogen-bond donors (Lipinski definition) is 1. The number of halogens is 2. The molecule has 0 heterocycles. The van der Waals surface area contributed by atoms with Gasteiger partial charge in [0.2, 0.25) is 0 Å².